The van der Waals surface area contributed by atoms with Gasteiger partial charge in [-0.25, -0.2) is 0 Å². The summed E-state index contributed by atoms with van der Waals surface area (Å²) in [6, 6.07) is 11.4. The lowest BCUT2D eigenvalue weighted by Crippen LogP contribution is -2.07. The summed E-state index contributed by atoms with van der Waals surface area (Å²) in [6.07, 6.45) is 0. The number of ether oxygens (including phenoxy) is 3. The first-order valence-corrected chi connectivity index (χ1v) is 7.08. The number of hydrogen-bond acceptors (Lipinski definition) is 4. The summed E-state index contributed by atoms with van der Waals surface area (Å²) in [6.45, 7) is 1.44. The normalized spacial score (nSPS) is 12.5. The number of nitrogens with one attached hydrogen (secondary N) is 1. The molecule has 4 nitrogen and oxygen atoms in total. The quantitative estimate of drug-likeness (QED) is 0.919. The molecule has 1 N–H and O–H groups in total. The highest BCUT2D eigenvalue weighted by atomic mass is 35.5. The monoisotopic (exact) mass is 305 g/mol. The Balaban J connectivity index is 1.78. The van der Waals surface area contributed by atoms with Gasteiger partial charge < -0.3 is 19.5 Å². The third-order valence-corrected chi connectivity index (χ3v) is 3.48. The molecule has 0 radical (unpaired) electrons. The smallest absolute Gasteiger partial charge is 0.231 e. The third kappa shape index (κ3) is 3.23. The maximum atomic E-state index is 5.92. The highest BCUT2D eigenvalue weighted by molar-refractivity contribution is 6.30. The molecule has 0 aliphatic carbocycles. The van der Waals surface area contributed by atoms with E-state index >= 15 is 0 Å². The van der Waals surface area contributed by atoms with Crippen molar-refractivity contribution in [3.63, 3.8) is 0 Å². The number of benzene rings is 2. The van der Waals surface area contributed by atoms with Gasteiger partial charge >= 0.3 is 0 Å². The van der Waals surface area contributed by atoms with Crippen LogP contribution < -0.4 is 19.5 Å². The summed E-state index contributed by atoms with van der Waals surface area (Å²) >= 11 is 5.88. The van der Waals surface area contributed by atoms with Gasteiger partial charge in [-0.05, 0) is 30.8 Å². The first-order valence-electron chi connectivity index (χ1n) is 6.70. The van der Waals surface area contributed by atoms with E-state index in [-0.39, 0.29) is 6.79 Å². The second-order valence-corrected chi connectivity index (χ2v) is 5.20. The van der Waals surface area contributed by atoms with E-state index in [9.17, 15) is 0 Å². The van der Waals surface area contributed by atoms with E-state index in [0.29, 0.717) is 13.2 Å². The van der Waals surface area contributed by atoms with Crippen molar-refractivity contribution in [2.75, 3.05) is 13.8 Å². The molecule has 0 saturated heterocycles. The van der Waals surface area contributed by atoms with Gasteiger partial charge in [0.05, 0.1) is 0 Å². The fourth-order valence-corrected chi connectivity index (χ4v) is 2.30. The van der Waals surface area contributed by atoms with Crippen LogP contribution >= 0.6 is 11.6 Å². The van der Waals surface area contributed by atoms with Crippen LogP contribution in [-0.2, 0) is 13.2 Å². The predicted molar refractivity (Wildman–Crippen MR) is 81.1 cm³/mol. The van der Waals surface area contributed by atoms with Crippen molar-refractivity contribution in [2.24, 2.45) is 0 Å². The molecule has 0 atom stereocenters. The summed E-state index contributed by atoms with van der Waals surface area (Å²) < 4.78 is 16.7. The maximum Gasteiger partial charge on any atom is 0.231 e. The SMILES string of the molecule is CNCc1cc2c(cc1OCc1ccc(Cl)cc1)OCO2. The Bertz CT molecular complexity index is 628. The molecule has 0 fully saturated rings. The molecule has 0 saturated carbocycles. The van der Waals surface area contributed by atoms with Crippen LogP contribution in [0.3, 0.4) is 0 Å². The van der Waals surface area contributed by atoms with Crippen LogP contribution in [0.1, 0.15) is 11.1 Å². The van der Waals surface area contributed by atoms with Crippen molar-refractivity contribution < 1.29 is 14.2 Å². The average Bonchev–Trinajstić information content (AvgIpc) is 2.94. The molecule has 0 amide bonds. The van der Waals surface area contributed by atoms with E-state index in [2.05, 4.69) is 5.32 Å². The number of rotatable bonds is 5. The molecule has 110 valence electrons. The summed E-state index contributed by atoms with van der Waals surface area (Å²) in [4.78, 5) is 0. The van der Waals surface area contributed by atoms with Crippen molar-refractivity contribution >= 4 is 11.6 Å². The van der Waals surface area contributed by atoms with E-state index in [1.165, 1.54) is 0 Å². The minimum absolute atomic E-state index is 0.259. The standard InChI is InChI=1S/C16H16ClNO3/c1-18-8-12-6-15-16(21-10-20-15)7-14(12)19-9-11-2-4-13(17)5-3-11/h2-7,18H,8-10H2,1H3. The van der Waals surface area contributed by atoms with Gasteiger partial charge in [-0.15, -0.1) is 0 Å². The molecular formula is C16H16ClNO3. The second kappa shape index (κ2) is 6.24. The highest BCUT2D eigenvalue weighted by Crippen LogP contribution is 2.38. The zero-order valence-corrected chi connectivity index (χ0v) is 12.4. The average molecular weight is 306 g/mol. The second-order valence-electron chi connectivity index (χ2n) is 4.76. The highest BCUT2D eigenvalue weighted by Gasteiger charge is 2.17. The lowest BCUT2D eigenvalue weighted by Gasteiger charge is -2.12. The van der Waals surface area contributed by atoms with Crippen LogP contribution in [0.25, 0.3) is 0 Å². The van der Waals surface area contributed by atoms with Gasteiger partial charge in [0.15, 0.2) is 11.5 Å². The van der Waals surface area contributed by atoms with Crippen LogP contribution in [0, 0.1) is 0 Å². The van der Waals surface area contributed by atoms with Crippen LogP contribution in [0.4, 0.5) is 0 Å². The maximum absolute atomic E-state index is 5.92. The van der Waals surface area contributed by atoms with E-state index in [1.807, 2.05) is 43.4 Å². The molecule has 1 aliphatic heterocycles. The molecule has 0 bridgehead atoms. The summed E-state index contributed by atoms with van der Waals surface area (Å²) in [5, 5.41) is 3.85. The third-order valence-electron chi connectivity index (χ3n) is 3.23. The van der Waals surface area contributed by atoms with Gasteiger partial charge in [0.2, 0.25) is 6.79 Å². The van der Waals surface area contributed by atoms with Gasteiger partial charge in [-0.1, -0.05) is 23.7 Å². The molecule has 0 unspecified atom stereocenters. The Morgan fingerprint density at radius 1 is 1.14 bits per heavy atom. The molecule has 0 aromatic heterocycles. The van der Waals surface area contributed by atoms with E-state index in [1.54, 1.807) is 0 Å². The van der Waals surface area contributed by atoms with Crippen LogP contribution in [0.5, 0.6) is 17.2 Å². The van der Waals surface area contributed by atoms with Gasteiger partial charge in [0.25, 0.3) is 0 Å². The molecule has 1 aliphatic rings. The molecule has 3 rings (SSSR count). The van der Waals surface area contributed by atoms with Gasteiger partial charge in [0, 0.05) is 23.2 Å². The van der Waals surface area contributed by atoms with Gasteiger partial charge in [0.1, 0.15) is 12.4 Å². The molecule has 1 heterocycles. The Morgan fingerprint density at radius 2 is 1.86 bits per heavy atom. The summed E-state index contributed by atoms with van der Waals surface area (Å²) in [5.74, 6) is 2.28. The van der Waals surface area contributed by atoms with Gasteiger partial charge in [-0.3, -0.25) is 0 Å². The Labute approximate surface area is 128 Å². The van der Waals surface area contributed by atoms with Crippen molar-refractivity contribution in [3.8, 4) is 17.2 Å². The predicted octanol–water partition coefficient (Wildman–Crippen LogP) is 3.37. The van der Waals surface area contributed by atoms with Gasteiger partial charge in [-0.2, -0.15) is 0 Å². The molecule has 2 aromatic rings. The largest absolute Gasteiger partial charge is 0.488 e. The molecule has 0 spiro atoms. The van der Waals surface area contributed by atoms with Crippen molar-refractivity contribution in [1.29, 1.82) is 0 Å². The lowest BCUT2D eigenvalue weighted by atomic mass is 10.1. The van der Waals surface area contributed by atoms with E-state index in [4.69, 9.17) is 25.8 Å². The zero-order chi connectivity index (χ0) is 14.7. The molecular weight excluding hydrogens is 290 g/mol. The molecule has 21 heavy (non-hydrogen) atoms. The number of halogens is 1. The fraction of sp³-hybridized carbons (Fsp3) is 0.250. The van der Waals surface area contributed by atoms with Crippen LogP contribution in [0.15, 0.2) is 36.4 Å². The zero-order valence-electron chi connectivity index (χ0n) is 11.7. The van der Waals surface area contributed by atoms with E-state index in [0.717, 1.165) is 33.4 Å². The molecule has 5 heteroatoms. The minimum Gasteiger partial charge on any atom is -0.488 e. The first kappa shape index (κ1) is 14.0. The fourth-order valence-electron chi connectivity index (χ4n) is 2.17. The Kier molecular flexibility index (Phi) is 4.18. The van der Waals surface area contributed by atoms with Crippen molar-refractivity contribution in [1.82, 2.24) is 5.32 Å². The molecule has 2 aromatic carbocycles. The number of fused-ring (bicyclic) bond motifs is 1. The lowest BCUT2D eigenvalue weighted by molar-refractivity contribution is 0.173. The Morgan fingerprint density at radius 3 is 2.57 bits per heavy atom. The number of hydrogen-bond donors (Lipinski definition) is 1. The van der Waals surface area contributed by atoms with E-state index < -0.39 is 0 Å². The summed E-state index contributed by atoms with van der Waals surface area (Å²) in [7, 11) is 1.90. The topological polar surface area (TPSA) is 39.7 Å². The Hall–Kier alpha value is -1.91. The summed E-state index contributed by atoms with van der Waals surface area (Å²) in [5.41, 5.74) is 2.10. The van der Waals surface area contributed by atoms with Crippen molar-refractivity contribution in [2.45, 2.75) is 13.2 Å². The van der Waals surface area contributed by atoms with Crippen LogP contribution in [0.2, 0.25) is 5.02 Å². The minimum atomic E-state index is 0.259. The first-order chi connectivity index (χ1) is 10.3. The van der Waals surface area contributed by atoms with Crippen LogP contribution in [-0.4, -0.2) is 13.8 Å². The van der Waals surface area contributed by atoms with Crippen molar-refractivity contribution in [3.05, 3.63) is 52.5 Å².